The molecule has 0 unspecified atom stereocenters. The van der Waals surface area contributed by atoms with Gasteiger partial charge in [0, 0.05) is 5.71 Å². The Balaban J connectivity index is 2.53. The molecule has 1 aromatic rings. The highest BCUT2D eigenvalue weighted by molar-refractivity contribution is 6.44. The lowest BCUT2D eigenvalue weighted by atomic mass is 10.3. The molecule has 1 amide bonds. The molecule has 0 radical (unpaired) electrons. The molecule has 3 nitrogen and oxygen atoms in total. The first kappa shape index (κ1) is 9.21. The fraction of sp³-hybridized carbons (Fsp3) is 0.200. The summed E-state index contributed by atoms with van der Waals surface area (Å²) in [6.45, 7) is 1.75. The highest BCUT2D eigenvalue weighted by Gasteiger charge is 2.22. The number of fused-ring (bicyclic) bond motifs is 1. The number of hydrogen-bond donors (Lipinski definition) is 1. The molecule has 0 aromatic heterocycles. The molecule has 4 heteroatoms. The average Bonchev–Trinajstić information content (AvgIpc) is 2.28. The van der Waals surface area contributed by atoms with Crippen molar-refractivity contribution in [3.8, 4) is 0 Å². The number of benzene rings is 1. The summed E-state index contributed by atoms with van der Waals surface area (Å²) in [5.41, 5.74) is 2.08. The van der Waals surface area contributed by atoms with E-state index in [4.69, 9.17) is 11.6 Å². The standard InChI is InChI=1S/C10H9ClN2O/c1-6-9(11)10(14)13-8-5-3-2-4-7(8)12-6/h2-5,9H,1H3,(H,13,14)/t9-/m0/s1. The molecule has 0 aliphatic carbocycles. The Labute approximate surface area is 86.8 Å². The summed E-state index contributed by atoms with van der Waals surface area (Å²) in [6.07, 6.45) is 0. The largest absolute Gasteiger partial charge is 0.323 e. The number of para-hydroxylation sites is 2. The van der Waals surface area contributed by atoms with E-state index in [0.717, 1.165) is 5.69 Å². The normalized spacial score (nSPS) is 20.6. The fourth-order valence-corrected chi connectivity index (χ4v) is 1.41. The zero-order valence-electron chi connectivity index (χ0n) is 7.62. The minimum absolute atomic E-state index is 0.224. The zero-order chi connectivity index (χ0) is 10.1. The molecule has 2 rings (SSSR count). The van der Waals surface area contributed by atoms with Crippen molar-refractivity contribution < 1.29 is 4.79 Å². The van der Waals surface area contributed by atoms with E-state index in [0.29, 0.717) is 11.4 Å². The van der Waals surface area contributed by atoms with Gasteiger partial charge in [0.15, 0.2) is 5.38 Å². The van der Waals surface area contributed by atoms with Gasteiger partial charge in [0.1, 0.15) is 0 Å². The molecule has 0 fully saturated rings. The van der Waals surface area contributed by atoms with Crippen LogP contribution in [0.25, 0.3) is 0 Å². The van der Waals surface area contributed by atoms with Crippen molar-refractivity contribution in [3.63, 3.8) is 0 Å². The van der Waals surface area contributed by atoms with Gasteiger partial charge in [0.25, 0.3) is 0 Å². The average molecular weight is 209 g/mol. The molecule has 0 saturated heterocycles. The van der Waals surface area contributed by atoms with Crippen LogP contribution in [-0.2, 0) is 4.79 Å². The van der Waals surface area contributed by atoms with Crippen LogP contribution in [0.1, 0.15) is 6.92 Å². The second-order valence-electron chi connectivity index (χ2n) is 3.12. The molecular weight excluding hydrogens is 200 g/mol. The number of alkyl halides is 1. The lowest BCUT2D eigenvalue weighted by molar-refractivity contribution is -0.114. The van der Waals surface area contributed by atoms with Gasteiger partial charge in [-0.2, -0.15) is 0 Å². The summed E-state index contributed by atoms with van der Waals surface area (Å²) in [5, 5.41) is 2.04. The van der Waals surface area contributed by atoms with Crippen LogP contribution in [0.5, 0.6) is 0 Å². The smallest absolute Gasteiger partial charge is 0.248 e. The number of nitrogens with one attached hydrogen (secondary N) is 1. The Morgan fingerprint density at radius 1 is 1.43 bits per heavy atom. The van der Waals surface area contributed by atoms with Gasteiger partial charge in [-0.3, -0.25) is 9.79 Å². The van der Waals surface area contributed by atoms with E-state index in [2.05, 4.69) is 10.3 Å². The highest BCUT2D eigenvalue weighted by atomic mass is 35.5. The van der Waals surface area contributed by atoms with Crippen molar-refractivity contribution in [1.29, 1.82) is 0 Å². The van der Waals surface area contributed by atoms with Gasteiger partial charge in [-0.1, -0.05) is 12.1 Å². The minimum atomic E-state index is -0.678. The predicted molar refractivity (Wildman–Crippen MR) is 57.5 cm³/mol. The quantitative estimate of drug-likeness (QED) is 0.654. The van der Waals surface area contributed by atoms with Gasteiger partial charge in [-0.25, -0.2) is 0 Å². The van der Waals surface area contributed by atoms with Crippen molar-refractivity contribution in [2.45, 2.75) is 12.3 Å². The van der Waals surface area contributed by atoms with Crippen LogP contribution < -0.4 is 5.32 Å². The number of anilines is 1. The first-order valence-corrected chi connectivity index (χ1v) is 4.71. The Hall–Kier alpha value is -1.35. The topological polar surface area (TPSA) is 41.5 Å². The summed E-state index contributed by atoms with van der Waals surface area (Å²) >= 11 is 5.87. The molecule has 72 valence electrons. The number of aliphatic imine (C=N–C) groups is 1. The van der Waals surface area contributed by atoms with Crippen molar-refractivity contribution >= 4 is 34.6 Å². The van der Waals surface area contributed by atoms with Gasteiger partial charge in [0.2, 0.25) is 5.91 Å². The Morgan fingerprint density at radius 2 is 2.14 bits per heavy atom. The van der Waals surface area contributed by atoms with Crippen molar-refractivity contribution in [2.75, 3.05) is 5.32 Å². The molecule has 0 spiro atoms. The number of carbonyl (C=O) groups is 1. The summed E-state index contributed by atoms with van der Waals surface area (Å²) in [7, 11) is 0. The third-order valence-electron chi connectivity index (χ3n) is 2.06. The minimum Gasteiger partial charge on any atom is -0.323 e. The first-order valence-electron chi connectivity index (χ1n) is 4.27. The number of carbonyl (C=O) groups excluding carboxylic acids is 1. The van der Waals surface area contributed by atoms with Gasteiger partial charge in [0.05, 0.1) is 11.4 Å². The second-order valence-corrected chi connectivity index (χ2v) is 3.56. The van der Waals surface area contributed by atoms with E-state index in [9.17, 15) is 4.79 Å². The molecule has 1 heterocycles. The molecule has 1 aliphatic rings. The van der Waals surface area contributed by atoms with Gasteiger partial charge >= 0.3 is 0 Å². The van der Waals surface area contributed by atoms with Crippen molar-refractivity contribution in [2.24, 2.45) is 4.99 Å². The third-order valence-corrected chi connectivity index (χ3v) is 2.57. The van der Waals surface area contributed by atoms with Gasteiger partial charge < -0.3 is 5.32 Å². The van der Waals surface area contributed by atoms with Gasteiger partial charge in [-0.15, -0.1) is 11.6 Å². The van der Waals surface area contributed by atoms with Crippen molar-refractivity contribution in [3.05, 3.63) is 24.3 Å². The van der Waals surface area contributed by atoms with Crippen LogP contribution in [0, 0.1) is 0 Å². The van der Waals surface area contributed by atoms with Crippen LogP contribution in [0.2, 0.25) is 0 Å². The molecule has 0 saturated carbocycles. The van der Waals surface area contributed by atoms with Crippen LogP contribution >= 0.6 is 11.6 Å². The zero-order valence-corrected chi connectivity index (χ0v) is 8.38. The molecule has 14 heavy (non-hydrogen) atoms. The number of amides is 1. The SMILES string of the molecule is CC1=Nc2ccccc2NC(=O)[C@H]1Cl. The van der Waals surface area contributed by atoms with E-state index in [1.165, 1.54) is 0 Å². The molecule has 1 aromatic carbocycles. The van der Waals surface area contributed by atoms with Crippen LogP contribution in [0.15, 0.2) is 29.3 Å². The number of rotatable bonds is 0. The van der Waals surface area contributed by atoms with Crippen LogP contribution in [-0.4, -0.2) is 17.0 Å². The molecule has 1 N–H and O–H groups in total. The van der Waals surface area contributed by atoms with E-state index in [1.54, 1.807) is 13.0 Å². The second kappa shape index (κ2) is 3.42. The molecule has 0 bridgehead atoms. The lowest BCUT2D eigenvalue weighted by Gasteiger charge is -2.05. The molecule has 1 aliphatic heterocycles. The summed E-state index contributed by atoms with van der Waals surface area (Å²) in [4.78, 5) is 15.7. The highest BCUT2D eigenvalue weighted by Crippen LogP contribution is 2.28. The van der Waals surface area contributed by atoms with Crippen molar-refractivity contribution in [1.82, 2.24) is 0 Å². The Morgan fingerprint density at radius 3 is 2.93 bits per heavy atom. The maximum atomic E-state index is 11.5. The molecule has 1 atom stereocenters. The maximum Gasteiger partial charge on any atom is 0.248 e. The summed E-state index contributed by atoms with van der Waals surface area (Å²) in [5.74, 6) is -0.224. The van der Waals surface area contributed by atoms with E-state index in [-0.39, 0.29) is 5.91 Å². The summed E-state index contributed by atoms with van der Waals surface area (Å²) < 4.78 is 0. The van der Waals surface area contributed by atoms with E-state index >= 15 is 0 Å². The number of halogens is 1. The Bertz CT molecular complexity index is 414. The fourth-order valence-electron chi connectivity index (χ4n) is 1.31. The van der Waals surface area contributed by atoms with Crippen LogP contribution in [0.3, 0.4) is 0 Å². The number of hydrogen-bond acceptors (Lipinski definition) is 2. The molecular formula is C10H9ClN2O. The predicted octanol–water partition coefficient (Wildman–Crippen LogP) is 2.34. The maximum absolute atomic E-state index is 11.5. The van der Waals surface area contributed by atoms with E-state index in [1.807, 2.05) is 18.2 Å². The van der Waals surface area contributed by atoms with Crippen LogP contribution in [0.4, 0.5) is 11.4 Å². The first-order chi connectivity index (χ1) is 6.68. The lowest BCUT2D eigenvalue weighted by Crippen LogP contribution is -2.27. The Kier molecular flexibility index (Phi) is 2.25. The van der Waals surface area contributed by atoms with E-state index < -0.39 is 5.38 Å². The summed E-state index contributed by atoms with van der Waals surface area (Å²) in [6, 6.07) is 7.36. The monoisotopic (exact) mass is 208 g/mol. The number of nitrogens with zero attached hydrogens (tertiary/aromatic N) is 1. The van der Waals surface area contributed by atoms with Gasteiger partial charge in [-0.05, 0) is 19.1 Å². The third kappa shape index (κ3) is 1.51.